The van der Waals surface area contributed by atoms with Crippen LogP contribution in [0.2, 0.25) is 0 Å². The molecule has 0 radical (unpaired) electrons. The fourth-order valence-electron chi connectivity index (χ4n) is 2.22. The van der Waals surface area contributed by atoms with Crippen LogP contribution in [-0.2, 0) is 0 Å². The molecule has 1 nitrogen and oxygen atoms in total. The van der Waals surface area contributed by atoms with Gasteiger partial charge in [0.05, 0.1) is 6.10 Å². The van der Waals surface area contributed by atoms with Crippen molar-refractivity contribution in [1.29, 1.82) is 0 Å². The molecule has 0 bridgehead atoms. The second-order valence-electron chi connectivity index (χ2n) is 4.83. The fourth-order valence-corrected chi connectivity index (χ4v) is 2.22. The lowest BCUT2D eigenvalue weighted by Gasteiger charge is -2.17. The molecule has 0 fully saturated rings. The summed E-state index contributed by atoms with van der Waals surface area (Å²) in [5, 5.41) is 12.7. The quantitative estimate of drug-likeness (QED) is 0.826. The van der Waals surface area contributed by atoms with Gasteiger partial charge in [0, 0.05) is 0 Å². The highest BCUT2D eigenvalue weighted by atomic mass is 16.3. The number of aliphatic hydroxyl groups excluding tert-OH is 1. The van der Waals surface area contributed by atoms with E-state index in [4.69, 9.17) is 0 Å². The average Bonchev–Trinajstić information content (AvgIpc) is 2.37. The topological polar surface area (TPSA) is 20.2 Å². The zero-order chi connectivity index (χ0) is 12.3. The van der Waals surface area contributed by atoms with Crippen LogP contribution in [0.15, 0.2) is 42.5 Å². The molecular weight excluding hydrogens is 208 g/mol. The van der Waals surface area contributed by atoms with Crippen LogP contribution in [0, 0.1) is 5.92 Å². The highest BCUT2D eigenvalue weighted by Crippen LogP contribution is 2.28. The van der Waals surface area contributed by atoms with Gasteiger partial charge in [0.2, 0.25) is 0 Å². The third-order valence-electron chi connectivity index (χ3n) is 3.50. The SMILES string of the molecule is CCC(C)CC(O)c1cccc2ccccc12. The first-order chi connectivity index (χ1) is 8.22. The van der Waals surface area contributed by atoms with Crippen molar-refractivity contribution in [1.82, 2.24) is 0 Å². The van der Waals surface area contributed by atoms with E-state index in [1.54, 1.807) is 0 Å². The lowest BCUT2D eigenvalue weighted by Crippen LogP contribution is -2.04. The summed E-state index contributed by atoms with van der Waals surface area (Å²) in [4.78, 5) is 0. The van der Waals surface area contributed by atoms with E-state index < -0.39 is 0 Å². The molecule has 0 saturated heterocycles. The van der Waals surface area contributed by atoms with Crippen LogP contribution in [0.5, 0.6) is 0 Å². The summed E-state index contributed by atoms with van der Waals surface area (Å²) in [6, 6.07) is 14.4. The van der Waals surface area contributed by atoms with E-state index in [2.05, 4.69) is 32.0 Å². The third kappa shape index (κ3) is 2.67. The van der Waals surface area contributed by atoms with Gasteiger partial charge < -0.3 is 5.11 Å². The van der Waals surface area contributed by atoms with Crippen molar-refractivity contribution in [2.45, 2.75) is 32.8 Å². The summed E-state index contributed by atoms with van der Waals surface area (Å²) in [6.45, 7) is 4.36. The Kier molecular flexibility index (Phi) is 3.80. The maximum atomic E-state index is 10.3. The van der Waals surface area contributed by atoms with E-state index in [1.807, 2.05) is 24.3 Å². The molecule has 0 saturated carbocycles. The molecule has 17 heavy (non-hydrogen) atoms. The Bertz CT molecular complexity index is 484. The van der Waals surface area contributed by atoms with Crippen molar-refractivity contribution in [3.63, 3.8) is 0 Å². The second kappa shape index (κ2) is 5.33. The van der Waals surface area contributed by atoms with Crippen LogP contribution in [0.3, 0.4) is 0 Å². The first-order valence-corrected chi connectivity index (χ1v) is 6.38. The van der Waals surface area contributed by atoms with Crippen molar-refractivity contribution >= 4 is 10.8 Å². The highest BCUT2D eigenvalue weighted by Gasteiger charge is 2.13. The Morgan fingerprint density at radius 2 is 1.76 bits per heavy atom. The van der Waals surface area contributed by atoms with E-state index in [9.17, 15) is 5.11 Å². The van der Waals surface area contributed by atoms with Gasteiger partial charge in [-0.05, 0) is 28.7 Å². The van der Waals surface area contributed by atoms with Crippen LogP contribution in [0.1, 0.15) is 38.4 Å². The first-order valence-electron chi connectivity index (χ1n) is 6.38. The summed E-state index contributed by atoms with van der Waals surface area (Å²) in [7, 11) is 0. The molecule has 2 unspecified atom stereocenters. The minimum absolute atomic E-state index is 0.351. The zero-order valence-corrected chi connectivity index (χ0v) is 10.6. The standard InChI is InChI=1S/C16H20O/c1-3-12(2)11-16(17)15-10-6-8-13-7-4-5-9-14(13)15/h4-10,12,16-17H,3,11H2,1-2H3. The first kappa shape index (κ1) is 12.1. The van der Waals surface area contributed by atoms with Gasteiger partial charge >= 0.3 is 0 Å². The van der Waals surface area contributed by atoms with Gasteiger partial charge in [0.15, 0.2) is 0 Å². The van der Waals surface area contributed by atoms with Gasteiger partial charge in [-0.1, -0.05) is 62.7 Å². The summed E-state index contributed by atoms with van der Waals surface area (Å²) < 4.78 is 0. The van der Waals surface area contributed by atoms with Gasteiger partial charge in [0.25, 0.3) is 0 Å². The van der Waals surface area contributed by atoms with Crippen molar-refractivity contribution in [3.8, 4) is 0 Å². The van der Waals surface area contributed by atoms with Crippen molar-refractivity contribution < 1.29 is 5.11 Å². The highest BCUT2D eigenvalue weighted by molar-refractivity contribution is 5.85. The molecule has 2 aromatic rings. The summed E-state index contributed by atoms with van der Waals surface area (Å²) >= 11 is 0. The van der Waals surface area contributed by atoms with Gasteiger partial charge in [-0.25, -0.2) is 0 Å². The number of fused-ring (bicyclic) bond motifs is 1. The van der Waals surface area contributed by atoms with Crippen molar-refractivity contribution in [2.24, 2.45) is 5.92 Å². The predicted octanol–water partition coefficient (Wildman–Crippen LogP) is 4.31. The minimum atomic E-state index is -0.351. The summed E-state index contributed by atoms with van der Waals surface area (Å²) in [5.41, 5.74) is 1.06. The molecule has 2 aromatic carbocycles. The summed E-state index contributed by atoms with van der Waals surface area (Å²) in [5.74, 6) is 0.559. The number of benzene rings is 2. The normalized spacial score (nSPS) is 14.8. The molecule has 0 spiro atoms. The molecular formula is C16H20O. The maximum absolute atomic E-state index is 10.3. The van der Waals surface area contributed by atoms with E-state index in [0.717, 1.165) is 18.4 Å². The molecule has 2 rings (SSSR count). The molecule has 2 atom stereocenters. The minimum Gasteiger partial charge on any atom is -0.388 e. The Labute approximate surface area is 103 Å². The van der Waals surface area contributed by atoms with Crippen molar-refractivity contribution in [3.05, 3.63) is 48.0 Å². The molecule has 0 amide bonds. The smallest absolute Gasteiger partial charge is 0.0798 e. The van der Waals surface area contributed by atoms with Crippen LogP contribution >= 0.6 is 0 Å². The number of aliphatic hydroxyl groups is 1. The monoisotopic (exact) mass is 228 g/mol. The second-order valence-corrected chi connectivity index (χ2v) is 4.83. The zero-order valence-electron chi connectivity index (χ0n) is 10.6. The lowest BCUT2D eigenvalue weighted by atomic mass is 9.93. The number of rotatable bonds is 4. The Morgan fingerprint density at radius 3 is 2.53 bits per heavy atom. The average molecular weight is 228 g/mol. The van der Waals surface area contributed by atoms with E-state index in [-0.39, 0.29) is 6.10 Å². The molecule has 0 aliphatic carbocycles. The molecule has 90 valence electrons. The Morgan fingerprint density at radius 1 is 1.06 bits per heavy atom. The molecule has 0 aromatic heterocycles. The number of hydrogen-bond donors (Lipinski definition) is 1. The van der Waals surface area contributed by atoms with E-state index >= 15 is 0 Å². The van der Waals surface area contributed by atoms with E-state index in [0.29, 0.717) is 5.92 Å². The fraction of sp³-hybridized carbons (Fsp3) is 0.375. The third-order valence-corrected chi connectivity index (χ3v) is 3.50. The Balaban J connectivity index is 2.34. The van der Waals surface area contributed by atoms with Gasteiger partial charge in [0.1, 0.15) is 0 Å². The van der Waals surface area contributed by atoms with Crippen LogP contribution in [-0.4, -0.2) is 5.11 Å². The maximum Gasteiger partial charge on any atom is 0.0798 e. The molecule has 1 N–H and O–H groups in total. The van der Waals surface area contributed by atoms with Crippen molar-refractivity contribution in [2.75, 3.05) is 0 Å². The van der Waals surface area contributed by atoms with Crippen LogP contribution < -0.4 is 0 Å². The molecule has 0 aliphatic rings. The summed E-state index contributed by atoms with van der Waals surface area (Å²) in [6.07, 6.45) is 1.60. The predicted molar refractivity (Wildman–Crippen MR) is 73.0 cm³/mol. The lowest BCUT2D eigenvalue weighted by molar-refractivity contribution is 0.148. The van der Waals surface area contributed by atoms with Gasteiger partial charge in [-0.3, -0.25) is 0 Å². The number of hydrogen-bond acceptors (Lipinski definition) is 1. The van der Waals surface area contributed by atoms with Gasteiger partial charge in [-0.2, -0.15) is 0 Å². The Hall–Kier alpha value is -1.34. The van der Waals surface area contributed by atoms with Gasteiger partial charge in [-0.15, -0.1) is 0 Å². The molecule has 1 heteroatoms. The molecule has 0 heterocycles. The van der Waals surface area contributed by atoms with Crippen LogP contribution in [0.25, 0.3) is 10.8 Å². The van der Waals surface area contributed by atoms with E-state index in [1.165, 1.54) is 10.8 Å². The molecule has 0 aliphatic heterocycles. The van der Waals surface area contributed by atoms with Crippen LogP contribution in [0.4, 0.5) is 0 Å². The largest absolute Gasteiger partial charge is 0.388 e.